The number of carbonyl (C=O) groups is 1. The number of carbonyl (C=O) groups excluding carboxylic acids is 1. The summed E-state index contributed by atoms with van der Waals surface area (Å²) in [4.78, 5) is 30.4. The van der Waals surface area contributed by atoms with Gasteiger partial charge in [-0.05, 0) is 62.4 Å². The van der Waals surface area contributed by atoms with Crippen molar-refractivity contribution in [2.24, 2.45) is 0 Å². The van der Waals surface area contributed by atoms with Crippen LogP contribution in [0.25, 0.3) is 11.0 Å². The topological polar surface area (TPSA) is 87.1 Å². The van der Waals surface area contributed by atoms with Crippen molar-refractivity contribution in [1.82, 2.24) is 19.9 Å². The van der Waals surface area contributed by atoms with Gasteiger partial charge in [-0.1, -0.05) is 6.07 Å². The first-order valence-corrected chi connectivity index (χ1v) is 12.3. The number of esters is 1. The number of hydrogen-bond donors (Lipinski definition) is 0. The molecule has 0 saturated carbocycles. The van der Waals surface area contributed by atoms with Gasteiger partial charge in [0, 0.05) is 40.8 Å². The lowest BCUT2D eigenvalue weighted by molar-refractivity contribution is -0.143. The molecule has 4 rings (SSSR count). The lowest BCUT2D eigenvalue weighted by atomic mass is 9.98. The molecule has 0 saturated heterocycles. The van der Waals surface area contributed by atoms with Crippen LogP contribution < -0.4 is 4.74 Å². The minimum atomic E-state index is -0.238. The maximum absolute atomic E-state index is 12.3. The predicted molar refractivity (Wildman–Crippen MR) is 132 cm³/mol. The van der Waals surface area contributed by atoms with Crippen LogP contribution in [0.4, 0.5) is 0 Å². The van der Waals surface area contributed by atoms with Crippen LogP contribution in [-0.2, 0) is 22.4 Å². The summed E-state index contributed by atoms with van der Waals surface area (Å²) in [6.45, 7) is 2.17. The van der Waals surface area contributed by atoms with E-state index in [-0.39, 0.29) is 18.3 Å². The quantitative estimate of drug-likeness (QED) is 0.219. The van der Waals surface area contributed by atoms with Crippen molar-refractivity contribution >= 4 is 28.3 Å². The third-order valence-electron chi connectivity index (χ3n) is 5.55. The van der Waals surface area contributed by atoms with E-state index in [1.807, 2.05) is 25.1 Å². The van der Waals surface area contributed by atoms with E-state index in [9.17, 15) is 4.79 Å². The van der Waals surface area contributed by atoms with Gasteiger partial charge in [-0.25, -0.2) is 19.9 Å². The number of rotatable bonds is 11. The number of aromatic nitrogens is 4. The van der Waals surface area contributed by atoms with Gasteiger partial charge in [-0.2, -0.15) is 0 Å². The summed E-state index contributed by atoms with van der Waals surface area (Å²) in [5.41, 5.74) is 3.82. The largest absolute Gasteiger partial charge is 0.481 e. The first kappa shape index (κ1) is 23.8. The number of thiazole rings is 1. The van der Waals surface area contributed by atoms with E-state index in [1.54, 1.807) is 36.9 Å². The monoisotopic (exact) mass is 476 g/mol. The third kappa shape index (κ3) is 6.14. The van der Waals surface area contributed by atoms with E-state index in [4.69, 9.17) is 14.5 Å². The van der Waals surface area contributed by atoms with Crippen LogP contribution in [0, 0.1) is 0 Å². The van der Waals surface area contributed by atoms with Gasteiger partial charge in [0.25, 0.3) is 0 Å². The fraction of sp³-hybridized carbons (Fsp3) is 0.346. The fourth-order valence-corrected chi connectivity index (χ4v) is 4.78. The second-order valence-corrected chi connectivity index (χ2v) is 8.82. The molecule has 0 spiro atoms. The van der Waals surface area contributed by atoms with Gasteiger partial charge in [0.15, 0.2) is 5.65 Å². The molecule has 0 aromatic carbocycles. The Morgan fingerprint density at radius 3 is 2.65 bits per heavy atom. The van der Waals surface area contributed by atoms with E-state index >= 15 is 0 Å². The molecule has 0 aliphatic carbocycles. The zero-order chi connectivity index (χ0) is 23.8. The Bertz CT molecular complexity index is 1230. The van der Waals surface area contributed by atoms with E-state index in [0.29, 0.717) is 12.5 Å². The smallest absolute Gasteiger partial charge is 0.306 e. The van der Waals surface area contributed by atoms with Gasteiger partial charge >= 0.3 is 5.97 Å². The van der Waals surface area contributed by atoms with Crippen molar-refractivity contribution in [2.45, 2.75) is 44.9 Å². The van der Waals surface area contributed by atoms with Crippen LogP contribution >= 0.6 is 11.3 Å². The summed E-state index contributed by atoms with van der Waals surface area (Å²) in [5, 5.41) is 4.05. The minimum absolute atomic E-state index is 0.189. The molecule has 8 heteroatoms. The van der Waals surface area contributed by atoms with Crippen molar-refractivity contribution in [3.8, 4) is 5.88 Å². The summed E-state index contributed by atoms with van der Waals surface area (Å²) < 4.78 is 10.4. The zero-order valence-electron chi connectivity index (χ0n) is 19.4. The standard InChI is InChI=1S/C26H28N4O3S/c1-3-33-24(31)15-22(19-11-13-23(32-2)28-16-19)26-30-21(17-34-26)9-5-4-8-20-12-10-18-7-6-14-27-25(18)29-20/h6-7,10-14,16-17,22H,3-5,8-9,15H2,1-2H3. The Morgan fingerprint density at radius 1 is 1.03 bits per heavy atom. The first-order valence-electron chi connectivity index (χ1n) is 11.5. The van der Waals surface area contributed by atoms with Crippen molar-refractivity contribution in [3.63, 3.8) is 0 Å². The molecule has 1 atom stereocenters. The molecule has 0 amide bonds. The van der Waals surface area contributed by atoms with Crippen molar-refractivity contribution < 1.29 is 14.3 Å². The summed E-state index contributed by atoms with van der Waals surface area (Å²) in [5.74, 6) is 0.109. The molecule has 4 aromatic heterocycles. The van der Waals surface area contributed by atoms with Crippen LogP contribution in [0.2, 0.25) is 0 Å². The van der Waals surface area contributed by atoms with Crippen LogP contribution in [-0.4, -0.2) is 39.6 Å². The van der Waals surface area contributed by atoms with Crippen molar-refractivity contribution in [2.75, 3.05) is 13.7 Å². The number of fused-ring (bicyclic) bond motifs is 1. The Hall–Kier alpha value is -3.39. The highest BCUT2D eigenvalue weighted by Gasteiger charge is 2.23. The van der Waals surface area contributed by atoms with E-state index in [2.05, 4.69) is 32.5 Å². The highest BCUT2D eigenvalue weighted by molar-refractivity contribution is 7.09. The van der Waals surface area contributed by atoms with Crippen molar-refractivity contribution in [3.05, 3.63) is 76.1 Å². The molecular formula is C26H28N4O3S. The summed E-state index contributed by atoms with van der Waals surface area (Å²) in [7, 11) is 1.58. The van der Waals surface area contributed by atoms with Gasteiger partial charge in [0.05, 0.1) is 25.8 Å². The van der Waals surface area contributed by atoms with Crippen molar-refractivity contribution in [1.29, 1.82) is 0 Å². The Balaban J connectivity index is 1.37. The van der Waals surface area contributed by atoms with Crippen LogP contribution in [0.5, 0.6) is 5.88 Å². The number of nitrogens with zero attached hydrogens (tertiary/aromatic N) is 4. The van der Waals surface area contributed by atoms with Gasteiger partial charge in [-0.15, -0.1) is 11.3 Å². The van der Waals surface area contributed by atoms with Crippen LogP contribution in [0.15, 0.2) is 54.2 Å². The van der Waals surface area contributed by atoms with E-state index in [0.717, 1.165) is 58.7 Å². The predicted octanol–water partition coefficient (Wildman–Crippen LogP) is 5.14. The lowest BCUT2D eigenvalue weighted by Crippen LogP contribution is -2.12. The zero-order valence-corrected chi connectivity index (χ0v) is 20.3. The second-order valence-electron chi connectivity index (χ2n) is 7.93. The number of hydrogen-bond acceptors (Lipinski definition) is 8. The Morgan fingerprint density at radius 2 is 1.88 bits per heavy atom. The minimum Gasteiger partial charge on any atom is -0.481 e. The highest BCUT2D eigenvalue weighted by atomic mass is 32.1. The molecular weight excluding hydrogens is 448 g/mol. The van der Waals surface area contributed by atoms with Gasteiger partial charge in [0.1, 0.15) is 5.01 Å². The van der Waals surface area contributed by atoms with E-state index in [1.165, 1.54) is 0 Å². The lowest BCUT2D eigenvalue weighted by Gasteiger charge is -2.14. The van der Waals surface area contributed by atoms with Crippen LogP contribution in [0.3, 0.4) is 0 Å². The molecule has 0 aliphatic rings. The highest BCUT2D eigenvalue weighted by Crippen LogP contribution is 2.31. The summed E-state index contributed by atoms with van der Waals surface area (Å²) in [6.07, 6.45) is 7.58. The average Bonchev–Trinajstić information content (AvgIpc) is 3.34. The number of ether oxygens (including phenoxy) is 2. The first-order chi connectivity index (χ1) is 16.7. The molecule has 4 heterocycles. The van der Waals surface area contributed by atoms with Gasteiger partial charge in [0.2, 0.25) is 5.88 Å². The van der Waals surface area contributed by atoms with Crippen LogP contribution in [0.1, 0.15) is 54.1 Å². The maximum Gasteiger partial charge on any atom is 0.306 e. The number of methoxy groups -OCH3 is 1. The number of aryl methyl sites for hydroxylation is 2. The second kappa shape index (κ2) is 11.7. The molecule has 0 fully saturated rings. The Labute approximate surface area is 203 Å². The average molecular weight is 477 g/mol. The maximum atomic E-state index is 12.3. The molecule has 0 N–H and O–H groups in total. The van der Waals surface area contributed by atoms with Gasteiger partial charge < -0.3 is 9.47 Å². The summed E-state index contributed by atoms with van der Waals surface area (Å²) >= 11 is 1.58. The number of pyridine rings is 3. The fourth-order valence-electron chi connectivity index (χ4n) is 3.79. The van der Waals surface area contributed by atoms with E-state index < -0.39 is 0 Å². The Kier molecular flexibility index (Phi) is 8.14. The summed E-state index contributed by atoms with van der Waals surface area (Å²) in [6, 6.07) is 11.8. The SMILES string of the molecule is CCOC(=O)CC(c1ccc(OC)nc1)c1nc(CCCCc2ccc3cccnc3n2)cs1. The molecule has 176 valence electrons. The molecule has 0 bridgehead atoms. The molecule has 1 unspecified atom stereocenters. The third-order valence-corrected chi connectivity index (χ3v) is 6.56. The molecule has 0 radical (unpaired) electrons. The molecule has 34 heavy (non-hydrogen) atoms. The number of unbranched alkanes of at least 4 members (excludes halogenated alkanes) is 1. The van der Waals surface area contributed by atoms with Gasteiger partial charge in [-0.3, -0.25) is 4.79 Å². The normalized spacial score (nSPS) is 11.9. The molecule has 4 aromatic rings. The molecule has 7 nitrogen and oxygen atoms in total. The molecule has 0 aliphatic heterocycles.